The van der Waals surface area contributed by atoms with Gasteiger partial charge in [0.05, 0.1) is 5.71 Å². The van der Waals surface area contributed by atoms with Crippen LogP contribution in [0.4, 0.5) is 0 Å². The minimum absolute atomic E-state index is 0.108. The summed E-state index contributed by atoms with van der Waals surface area (Å²) in [6.07, 6.45) is 2.40. The van der Waals surface area contributed by atoms with Crippen molar-refractivity contribution in [3.63, 3.8) is 0 Å². The zero-order valence-corrected chi connectivity index (χ0v) is 9.42. The highest BCUT2D eigenvalue weighted by molar-refractivity contribution is 7.92. The lowest BCUT2D eigenvalue weighted by Gasteiger charge is -2.15. The van der Waals surface area contributed by atoms with Crippen LogP contribution in [0.5, 0.6) is 0 Å². The van der Waals surface area contributed by atoms with Crippen LogP contribution >= 0.6 is 0 Å². The van der Waals surface area contributed by atoms with Crippen molar-refractivity contribution in [3.05, 3.63) is 0 Å². The average molecular weight is 219 g/mol. The molecule has 0 aliphatic heterocycles. The van der Waals surface area contributed by atoms with E-state index in [0.29, 0.717) is 12.1 Å². The maximum Gasteiger partial charge on any atom is 0.158 e. The molecule has 0 spiro atoms. The van der Waals surface area contributed by atoms with Crippen molar-refractivity contribution < 1.29 is 13.6 Å². The normalized spacial score (nSPS) is 20.9. The van der Waals surface area contributed by atoms with Crippen molar-refractivity contribution in [3.8, 4) is 0 Å². The van der Waals surface area contributed by atoms with Gasteiger partial charge < -0.3 is 5.21 Å². The zero-order chi connectivity index (χ0) is 10.8. The van der Waals surface area contributed by atoms with Crippen molar-refractivity contribution in [2.24, 2.45) is 11.1 Å². The number of hydrogen-bond donors (Lipinski definition) is 1. The molecule has 1 atom stereocenters. The van der Waals surface area contributed by atoms with Crippen LogP contribution in [0.2, 0.25) is 0 Å². The first kappa shape index (κ1) is 11.5. The molecule has 0 aromatic carbocycles. The van der Waals surface area contributed by atoms with Crippen molar-refractivity contribution in [2.75, 3.05) is 5.75 Å². The minimum Gasteiger partial charge on any atom is -0.411 e. The molecule has 1 rings (SSSR count). The fourth-order valence-corrected chi connectivity index (χ4v) is 3.15. The van der Waals surface area contributed by atoms with Crippen molar-refractivity contribution in [2.45, 2.75) is 38.4 Å². The van der Waals surface area contributed by atoms with Crippen LogP contribution in [0.3, 0.4) is 0 Å². The summed E-state index contributed by atoms with van der Waals surface area (Å²) in [4.78, 5) is 0. The maximum atomic E-state index is 11.7. The lowest BCUT2D eigenvalue weighted by atomic mass is 10.1. The van der Waals surface area contributed by atoms with Gasteiger partial charge in [-0.3, -0.25) is 0 Å². The highest BCUT2D eigenvalue weighted by Gasteiger charge is 2.38. The Morgan fingerprint density at radius 1 is 1.50 bits per heavy atom. The second-order valence-corrected chi connectivity index (χ2v) is 6.12. The van der Waals surface area contributed by atoms with E-state index in [0.717, 1.165) is 12.8 Å². The Morgan fingerprint density at radius 2 is 2.07 bits per heavy atom. The Balaban J connectivity index is 2.90. The van der Waals surface area contributed by atoms with Crippen LogP contribution in [0.15, 0.2) is 5.16 Å². The molecule has 1 saturated carbocycles. The molecule has 1 N–H and O–H groups in total. The van der Waals surface area contributed by atoms with Gasteiger partial charge in [-0.2, -0.15) is 0 Å². The van der Waals surface area contributed by atoms with E-state index in [1.807, 2.05) is 6.92 Å². The maximum absolute atomic E-state index is 11.7. The van der Waals surface area contributed by atoms with Crippen LogP contribution in [-0.2, 0) is 9.84 Å². The van der Waals surface area contributed by atoms with E-state index >= 15 is 0 Å². The third kappa shape index (κ3) is 2.26. The smallest absolute Gasteiger partial charge is 0.158 e. The fourth-order valence-electron chi connectivity index (χ4n) is 1.64. The number of rotatable bonds is 5. The molecule has 1 fully saturated rings. The minimum atomic E-state index is -3.12. The molecule has 5 heteroatoms. The monoisotopic (exact) mass is 219 g/mol. The first-order valence-electron chi connectivity index (χ1n) is 5.00. The Hall–Kier alpha value is -0.580. The summed E-state index contributed by atoms with van der Waals surface area (Å²) < 4.78 is 23.3. The van der Waals surface area contributed by atoms with Gasteiger partial charge in [-0.25, -0.2) is 8.42 Å². The molecule has 0 saturated heterocycles. The Bertz CT molecular complexity index is 317. The summed E-state index contributed by atoms with van der Waals surface area (Å²) in [6.45, 7) is 3.44. The van der Waals surface area contributed by atoms with Gasteiger partial charge in [0.2, 0.25) is 0 Å². The van der Waals surface area contributed by atoms with E-state index < -0.39 is 15.1 Å². The number of sulfone groups is 1. The molecule has 4 nitrogen and oxygen atoms in total. The lowest BCUT2D eigenvalue weighted by molar-refractivity contribution is 0.315. The van der Waals surface area contributed by atoms with Crippen LogP contribution in [0.1, 0.15) is 33.1 Å². The predicted octanol–water partition coefficient (Wildman–Crippen LogP) is 1.44. The van der Waals surface area contributed by atoms with Gasteiger partial charge in [0.1, 0.15) is 5.25 Å². The number of hydrogen-bond acceptors (Lipinski definition) is 4. The summed E-state index contributed by atoms with van der Waals surface area (Å²) in [7, 11) is -3.12. The summed E-state index contributed by atoms with van der Waals surface area (Å²) in [5, 5.41) is 11.4. The van der Waals surface area contributed by atoms with E-state index in [1.54, 1.807) is 6.92 Å². The molecule has 0 aromatic heterocycles. The van der Waals surface area contributed by atoms with E-state index in [9.17, 15) is 8.42 Å². The van der Waals surface area contributed by atoms with Gasteiger partial charge in [-0.15, -0.1) is 0 Å². The molecule has 0 bridgehead atoms. The summed E-state index contributed by atoms with van der Waals surface area (Å²) >= 11 is 0. The highest BCUT2D eigenvalue weighted by atomic mass is 32.2. The van der Waals surface area contributed by atoms with Gasteiger partial charge in [-0.05, 0) is 19.3 Å². The van der Waals surface area contributed by atoms with E-state index in [4.69, 9.17) is 5.21 Å². The van der Waals surface area contributed by atoms with E-state index in [1.165, 1.54) is 0 Å². The van der Waals surface area contributed by atoms with Crippen molar-refractivity contribution in [1.82, 2.24) is 0 Å². The quantitative estimate of drug-likeness (QED) is 0.432. The standard InChI is InChI=1S/C9H17NO3S/c1-3-8(14(12,13)4-2)9(10-11)7-5-6-7/h7-8,11H,3-6H2,1-2H3/b10-9-/t8-/m0/s1. The third-order valence-corrected chi connectivity index (χ3v) is 4.89. The van der Waals surface area contributed by atoms with Crippen LogP contribution in [0, 0.1) is 5.92 Å². The van der Waals surface area contributed by atoms with Gasteiger partial charge in [0.25, 0.3) is 0 Å². The van der Waals surface area contributed by atoms with E-state index in [-0.39, 0.29) is 11.7 Å². The Labute approximate surface area is 84.9 Å². The Kier molecular flexibility index (Phi) is 3.53. The van der Waals surface area contributed by atoms with Crippen molar-refractivity contribution >= 4 is 15.5 Å². The van der Waals surface area contributed by atoms with Gasteiger partial charge in [-0.1, -0.05) is 19.0 Å². The largest absolute Gasteiger partial charge is 0.411 e. The first-order valence-corrected chi connectivity index (χ1v) is 6.71. The zero-order valence-electron chi connectivity index (χ0n) is 8.60. The highest BCUT2D eigenvalue weighted by Crippen LogP contribution is 2.34. The van der Waals surface area contributed by atoms with Gasteiger partial charge in [0.15, 0.2) is 9.84 Å². The topological polar surface area (TPSA) is 66.7 Å². The van der Waals surface area contributed by atoms with Crippen LogP contribution in [-0.4, -0.2) is 30.3 Å². The van der Waals surface area contributed by atoms with Crippen LogP contribution < -0.4 is 0 Å². The molecular formula is C9H17NO3S. The number of oxime groups is 1. The molecule has 0 heterocycles. The van der Waals surface area contributed by atoms with E-state index in [2.05, 4.69) is 5.16 Å². The molecule has 1 aliphatic rings. The van der Waals surface area contributed by atoms with Crippen LogP contribution in [0.25, 0.3) is 0 Å². The van der Waals surface area contributed by atoms with Crippen molar-refractivity contribution in [1.29, 1.82) is 0 Å². The second-order valence-electron chi connectivity index (χ2n) is 3.65. The third-order valence-electron chi connectivity index (χ3n) is 2.65. The molecule has 0 radical (unpaired) electrons. The second kappa shape index (κ2) is 4.29. The molecule has 1 aliphatic carbocycles. The SMILES string of the molecule is CC[C@@H](/C(=N\O)C1CC1)S(=O)(=O)CC. The average Bonchev–Trinajstić information content (AvgIpc) is 2.96. The molecular weight excluding hydrogens is 202 g/mol. The van der Waals surface area contributed by atoms with Gasteiger partial charge >= 0.3 is 0 Å². The Morgan fingerprint density at radius 3 is 2.36 bits per heavy atom. The number of nitrogens with zero attached hydrogens (tertiary/aromatic N) is 1. The fraction of sp³-hybridized carbons (Fsp3) is 0.889. The summed E-state index contributed by atoms with van der Waals surface area (Å²) in [5.74, 6) is 0.309. The predicted molar refractivity (Wildman–Crippen MR) is 55.5 cm³/mol. The summed E-state index contributed by atoms with van der Waals surface area (Å²) in [6, 6.07) is 0. The molecule has 0 amide bonds. The molecule has 14 heavy (non-hydrogen) atoms. The molecule has 0 unspecified atom stereocenters. The first-order chi connectivity index (χ1) is 6.56. The summed E-state index contributed by atoms with van der Waals surface area (Å²) in [5.41, 5.74) is 0.467. The van der Waals surface area contributed by atoms with Gasteiger partial charge in [0, 0.05) is 11.7 Å². The lowest BCUT2D eigenvalue weighted by Crippen LogP contribution is -2.32. The molecule has 82 valence electrons. The molecule has 0 aromatic rings.